The molecule has 60 heavy (non-hydrogen) atoms. The first-order valence-electron chi connectivity index (χ1n) is 19.3. The van der Waals surface area contributed by atoms with Gasteiger partial charge in [-0.1, -0.05) is 136 Å². The van der Waals surface area contributed by atoms with Gasteiger partial charge >= 0.3 is 0 Å². The van der Waals surface area contributed by atoms with E-state index in [0.29, 0.717) is 10.0 Å². The molecule has 0 saturated heterocycles. The Kier molecular flexibility index (Phi) is 11.4. The quantitative estimate of drug-likeness (QED) is 0.144. The highest BCUT2D eigenvalue weighted by molar-refractivity contribution is 9.10. The first kappa shape index (κ1) is 38.8. The van der Waals surface area contributed by atoms with Crippen LogP contribution in [0.1, 0.15) is 0 Å². The smallest absolute Gasteiger partial charge is 0.136 e. The zero-order chi connectivity index (χ0) is 40.8. The lowest BCUT2D eigenvalue weighted by molar-refractivity contribution is 0.616. The minimum atomic E-state index is 0.646. The Balaban J connectivity index is 0.000000167. The number of hydrogen-bond acceptors (Lipinski definition) is 5. The van der Waals surface area contributed by atoms with E-state index in [4.69, 9.17) is 32.0 Å². The second-order valence-electron chi connectivity index (χ2n) is 13.9. The predicted octanol–water partition coefficient (Wildman–Crippen LogP) is 17.3. The van der Waals surface area contributed by atoms with Crippen LogP contribution in [-0.4, -0.2) is 0 Å². The maximum absolute atomic E-state index is 6.80. The van der Waals surface area contributed by atoms with Crippen LogP contribution in [0.15, 0.2) is 232 Å². The zero-order valence-electron chi connectivity index (χ0n) is 32.1. The van der Waals surface area contributed by atoms with Crippen molar-refractivity contribution in [2.24, 2.45) is 0 Å². The van der Waals surface area contributed by atoms with Crippen molar-refractivity contribution in [3.8, 4) is 0 Å². The Labute approximate surface area is 367 Å². The zero-order valence-corrected chi connectivity index (χ0v) is 35.2. The Morgan fingerprint density at radius 1 is 0.333 bits per heavy atom. The molecule has 0 atom stereocenters. The second kappa shape index (κ2) is 17.7. The van der Waals surface area contributed by atoms with Gasteiger partial charge in [0.15, 0.2) is 0 Å². The van der Waals surface area contributed by atoms with Crippen LogP contribution in [0.3, 0.4) is 0 Å². The third-order valence-electron chi connectivity index (χ3n) is 9.95. The molecule has 0 amide bonds. The Morgan fingerprint density at radius 2 is 0.667 bits per heavy atom. The Hall–Kier alpha value is -6.70. The third kappa shape index (κ3) is 8.27. The normalized spacial score (nSPS) is 10.9. The number of rotatable bonds is 9. The molecule has 8 aromatic carbocycles. The topological polar surface area (TPSA) is 36.0 Å². The molecular formula is C52H36BrCl2N3O2. The molecule has 0 unspecified atom stereocenters. The van der Waals surface area contributed by atoms with Crippen LogP contribution >= 0.6 is 39.1 Å². The summed E-state index contributed by atoms with van der Waals surface area (Å²) in [6.07, 6.45) is 3.59. The standard InChI is InChI=1S/C32H23ClN2O.C20H13BrClNO/c33-24-20-28(34(25-12-4-1-5-13-25)26-14-6-2-7-15-26)22-29(21-24)35(27-16-8-3-9-17-27)31-23-36-32-19-11-10-18-30(31)32;21-14-10-15(22)12-17(11-14)23(16-6-2-1-3-7-16)19-13-24-20-9-5-4-8-18(19)20/h1-23H;1-13H. The number of fused-ring (bicyclic) bond motifs is 2. The van der Waals surface area contributed by atoms with Gasteiger partial charge in [-0.3, -0.25) is 0 Å². The summed E-state index contributed by atoms with van der Waals surface area (Å²) < 4.78 is 12.6. The van der Waals surface area contributed by atoms with E-state index in [9.17, 15) is 0 Å². The maximum atomic E-state index is 6.80. The van der Waals surface area contributed by atoms with Crippen LogP contribution in [0.5, 0.6) is 0 Å². The van der Waals surface area contributed by atoms with Crippen molar-refractivity contribution in [2.45, 2.75) is 0 Å². The Bertz CT molecular complexity index is 2940. The maximum Gasteiger partial charge on any atom is 0.136 e. The summed E-state index contributed by atoms with van der Waals surface area (Å²) in [7, 11) is 0. The van der Waals surface area contributed by atoms with Gasteiger partial charge in [-0.2, -0.15) is 0 Å². The minimum absolute atomic E-state index is 0.646. The van der Waals surface area contributed by atoms with Gasteiger partial charge in [-0.05, 0) is 109 Å². The predicted molar refractivity (Wildman–Crippen MR) is 254 cm³/mol. The van der Waals surface area contributed by atoms with E-state index in [1.54, 1.807) is 6.26 Å². The van der Waals surface area contributed by atoms with E-state index >= 15 is 0 Å². The summed E-state index contributed by atoms with van der Waals surface area (Å²) in [5.74, 6) is 0. The number of hydrogen-bond donors (Lipinski definition) is 0. The first-order valence-corrected chi connectivity index (χ1v) is 20.8. The van der Waals surface area contributed by atoms with Gasteiger partial charge < -0.3 is 23.5 Å². The third-order valence-corrected chi connectivity index (χ3v) is 10.8. The van der Waals surface area contributed by atoms with Crippen LogP contribution in [0.2, 0.25) is 10.0 Å². The van der Waals surface area contributed by atoms with Crippen LogP contribution in [0, 0.1) is 0 Å². The summed E-state index contributed by atoms with van der Waals surface area (Å²) in [5, 5.41) is 3.41. The molecular weight excluding hydrogens is 849 g/mol. The summed E-state index contributed by atoms with van der Waals surface area (Å²) >= 11 is 16.6. The van der Waals surface area contributed by atoms with Crippen LogP contribution < -0.4 is 14.7 Å². The molecule has 0 saturated carbocycles. The van der Waals surface area contributed by atoms with E-state index in [2.05, 4.69) is 97.4 Å². The molecule has 0 spiro atoms. The second-order valence-corrected chi connectivity index (χ2v) is 15.7. The molecule has 0 bridgehead atoms. The molecule has 0 aliphatic heterocycles. The minimum Gasteiger partial charge on any atom is -0.462 e. The van der Waals surface area contributed by atoms with Gasteiger partial charge in [0.25, 0.3) is 0 Å². The van der Waals surface area contributed by atoms with E-state index in [-0.39, 0.29) is 0 Å². The highest BCUT2D eigenvalue weighted by Gasteiger charge is 2.22. The van der Waals surface area contributed by atoms with Crippen LogP contribution in [0.25, 0.3) is 21.9 Å². The van der Waals surface area contributed by atoms with Crippen molar-refractivity contribution in [3.63, 3.8) is 0 Å². The lowest BCUT2D eigenvalue weighted by atomic mass is 10.1. The molecule has 10 aromatic rings. The monoisotopic (exact) mass is 883 g/mol. The number of nitrogens with zero attached hydrogens (tertiary/aromatic N) is 3. The van der Waals surface area contributed by atoms with E-state index < -0.39 is 0 Å². The van der Waals surface area contributed by atoms with Gasteiger partial charge in [0, 0.05) is 65.1 Å². The van der Waals surface area contributed by atoms with Gasteiger partial charge in [0.1, 0.15) is 23.7 Å². The molecule has 2 aromatic heterocycles. The van der Waals surface area contributed by atoms with Gasteiger partial charge in [0.05, 0.1) is 11.4 Å². The largest absolute Gasteiger partial charge is 0.462 e. The lowest BCUT2D eigenvalue weighted by Gasteiger charge is -2.29. The molecule has 2 heterocycles. The molecule has 5 nitrogen and oxygen atoms in total. The fraction of sp³-hybridized carbons (Fsp3) is 0. The fourth-order valence-electron chi connectivity index (χ4n) is 7.37. The number of furan rings is 2. The van der Waals surface area contributed by atoms with E-state index in [1.807, 2.05) is 146 Å². The molecule has 0 aliphatic carbocycles. The molecule has 10 rings (SSSR count). The summed E-state index contributed by atoms with van der Waals surface area (Å²) in [5.41, 5.74) is 10.7. The highest BCUT2D eigenvalue weighted by Crippen LogP contribution is 2.45. The molecule has 0 fully saturated rings. The number of benzene rings is 8. The number of para-hydroxylation sites is 6. The molecule has 0 aliphatic rings. The highest BCUT2D eigenvalue weighted by atomic mass is 79.9. The van der Waals surface area contributed by atoms with E-state index in [1.165, 1.54) is 0 Å². The fourth-order valence-corrected chi connectivity index (χ4v) is 8.44. The summed E-state index contributed by atoms with van der Waals surface area (Å²) in [4.78, 5) is 6.55. The first-order chi connectivity index (χ1) is 29.5. The molecule has 292 valence electrons. The van der Waals surface area contributed by atoms with E-state index in [0.717, 1.165) is 77.6 Å². The number of anilines is 9. The van der Waals surface area contributed by atoms with Gasteiger partial charge in [0.2, 0.25) is 0 Å². The SMILES string of the molecule is Clc1cc(Br)cc(N(c2ccccc2)c2coc3ccccc23)c1.Clc1cc(N(c2ccccc2)c2ccccc2)cc(N(c2ccccc2)c2coc3ccccc23)c1. The number of halogens is 3. The average Bonchev–Trinajstić information content (AvgIpc) is 3.90. The molecule has 8 heteroatoms. The average molecular weight is 886 g/mol. The van der Waals surface area contributed by atoms with Crippen molar-refractivity contribution >= 4 is 112 Å². The summed E-state index contributed by atoms with van der Waals surface area (Å²) in [6, 6.07) is 69.2. The van der Waals surface area contributed by atoms with Gasteiger partial charge in [-0.15, -0.1) is 0 Å². The Morgan fingerprint density at radius 3 is 1.08 bits per heavy atom. The lowest BCUT2D eigenvalue weighted by Crippen LogP contribution is -2.13. The molecule has 0 radical (unpaired) electrons. The van der Waals surface area contributed by atoms with Crippen molar-refractivity contribution in [1.82, 2.24) is 0 Å². The van der Waals surface area contributed by atoms with Crippen LogP contribution in [0.4, 0.5) is 51.2 Å². The van der Waals surface area contributed by atoms with Crippen molar-refractivity contribution < 1.29 is 8.83 Å². The van der Waals surface area contributed by atoms with Crippen molar-refractivity contribution in [2.75, 3.05) is 14.7 Å². The summed E-state index contributed by atoms with van der Waals surface area (Å²) in [6.45, 7) is 0. The van der Waals surface area contributed by atoms with Crippen molar-refractivity contribution in [3.05, 3.63) is 233 Å². The van der Waals surface area contributed by atoms with Gasteiger partial charge in [-0.25, -0.2) is 0 Å². The van der Waals surface area contributed by atoms with Crippen LogP contribution in [-0.2, 0) is 0 Å². The molecule has 0 N–H and O–H groups in total. The van der Waals surface area contributed by atoms with Crippen molar-refractivity contribution in [1.29, 1.82) is 0 Å².